The molecule has 6 heteroatoms. The number of hydrogen-bond donors (Lipinski definition) is 0. The first-order chi connectivity index (χ1) is 17.1. The Morgan fingerprint density at radius 2 is 1.92 bits per heavy atom. The van der Waals surface area contributed by atoms with E-state index in [1.165, 1.54) is 24.6 Å². The summed E-state index contributed by atoms with van der Waals surface area (Å²) in [6.45, 7) is 6.27. The van der Waals surface area contributed by atoms with E-state index >= 15 is 0 Å². The van der Waals surface area contributed by atoms with Gasteiger partial charge in [-0.25, -0.2) is 0 Å². The fraction of sp³-hybridized carbons (Fsp3) is 0.600. The average Bonchev–Trinajstić information content (AvgIpc) is 3.20. The zero-order valence-electron chi connectivity index (χ0n) is 21.6. The molecule has 192 valence electrons. The van der Waals surface area contributed by atoms with Crippen molar-refractivity contribution in [3.8, 4) is 0 Å². The van der Waals surface area contributed by atoms with Crippen LogP contribution in [0.2, 0.25) is 0 Å². The highest BCUT2D eigenvalue weighted by molar-refractivity contribution is 5.96. The molecule has 5 rings (SSSR count). The molecular formula is C30H37NO5. The van der Waals surface area contributed by atoms with Gasteiger partial charge >= 0.3 is 5.97 Å². The number of nitrogens with zero attached hydrogens (tertiary/aromatic N) is 1. The number of nitro groups is 1. The van der Waals surface area contributed by atoms with Crippen LogP contribution < -0.4 is 0 Å². The predicted molar refractivity (Wildman–Crippen MR) is 138 cm³/mol. The van der Waals surface area contributed by atoms with Gasteiger partial charge in [-0.05, 0) is 85.2 Å². The van der Waals surface area contributed by atoms with Crippen molar-refractivity contribution >= 4 is 23.5 Å². The Labute approximate surface area is 213 Å². The van der Waals surface area contributed by atoms with Crippen LogP contribution >= 0.6 is 0 Å². The second-order valence-corrected chi connectivity index (χ2v) is 12.0. The highest BCUT2D eigenvalue weighted by Crippen LogP contribution is 2.66. The number of carbonyl (C=O) groups is 2. The lowest BCUT2D eigenvalue weighted by atomic mass is 9.47. The Morgan fingerprint density at radius 3 is 2.67 bits per heavy atom. The minimum atomic E-state index is -0.409. The smallest absolute Gasteiger partial charge is 0.302 e. The summed E-state index contributed by atoms with van der Waals surface area (Å²) in [5.74, 6) is 1.75. The molecule has 0 N–H and O–H groups in total. The summed E-state index contributed by atoms with van der Waals surface area (Å²) in [7, 11) is 0. The monoisotopic (exact) mass is 491 g/mol. The van der Waals surface area contributed by atoms with Gasteiger partial charge in [-0.15, -0.1) is 0 Å². The highest BCUT2D eigenvalue weighted by atomic mass is 16.6. The van der Waals surface area contributed by atoms with E-state index in [1.54, 1.807) is 24.3 Å². The van der Waals surface area contributed by atoms with Crippen LogP contribution in [0.5, 0.6) is 0 Å². The fourth-order valence-corrected chi connectivity index (χ4v) is 8.47. The Kier molecular flexibility index (Phi) is 6.42. The van der Waals surface area contributed by atoms with Crippen LogP contribution in [0.15, 0.2) is 42.0 Å². The van der Waals surface area contributed by atoms with Crippen LogP contribution in [0.25, 0.3) is 6.08 Å². The zero-order chi connectivity index (χ0) is 25.7. The van der Waals surface area contributed by atoms with Crippen LogP contribution in [-0.4, -0.2) is 22.8 Å². The third kappa shape index (κ3) is 4.22. The molecule has 4 aliphatic rings. The molecule has 0 aliphatic heterocycles. The number of benzene rings is 1. The minimum absolute atomic E-state index is 0.00191. The van der Waals surface area contributed by atoms with Crippen LogP contribution in [0, 0.1) is 44.6 Å². The van der Waals surface area contributed by atoms with E-state index in [-0.39, 0.29) is 40.3 Å². The van der Waals surface area contributed by atoms with Gasteiger partial charge in [0, 0.05) is 31.4 Å². The normalized spacial score (nSPS) is 37.4. The summed E-state index contributed by atoms with van der Waals surface area (Å²) in [6, 6.07) is 6.43. The van der Waals surface area contributed by atoms with Gasteiger partial charge in [0.2, 0.25) is 0 Å². The van der Waals surface area contributed by atoms with Gasteiger partial charge in [0.05, 0.1) is 4.92 Å². The van der Waals surface area contributed by atoms with Crippen LogP contribution in [0.3, 0.4) is 0 Å². The summed E-state index contributed by atoms with van der Waals surface area (Å²) in [5, 5.41) is 11.1. The van der Waals surface area contributed by atoms with Crippen molar-refractivity contribution in [2.24, 2.45) is 34.5 Å². The molecule has 0 aromatic heterocycles. The zero-order valence-corrected chi connectivity index (χ0v) is 21.6. The van der Waals surface area contributed by atoms with E-state index in [4.69, 9.17) is 4.74 Å². The summed E-state index contributed by atoms with van der Waals surface area (Å²) in [6.07, 6.45) is 14.0. The molecule has 6 nitrogen and oxygen atoms in total. The number of allylic oxidation sites excluding steroid dienone is 2. The first-order valence-electron chi connectivity index (χ1n) is 13.4. The van der Waals surface area contributed by atoms with E-state index in [2.05, 4.69) is 19.9 Å². The molecule has 3 saturated carbocycles. The van der Waals surface area contributed by atoms with Crippen LogP contribution in [-0.2, 0) is 14.3 Å². The predicted octanol–water partition coefficient (Wildman–Crippen LogP) is 6.69. The number of non-ortho nitro benzene ring substituents is 1. The summed E-state index contributed by atoms with van der Waals surface area (Å²) < 4.78 is 5.56. The van der Waals surface area contributed by atoms with Gasteiger partial charge < -0.3 is 4.74 Å². The average molecular weight is 492 g/mol. The van der Waals surface area contributed by atoms with E-state index in [0.717, 1.165) is 51.4 Å². The summed E-state index contributed by atoms with van der Waals surface area (Å²) in [4.78, 5) is 35.6. The second-order valence-electron chi connectivity index (χ2n) is 12.0. The molecule has 4 aliphatic carbocycles. The van der Waals surface area contributed by atoms with Gasteiger partial charge in [0.1, 0.15) is 6.10 Å². The third-order valence-corrected chi connectivity index (χ3v) is 10.3. The fourth-order valence-electron chi connectivity index (χ4n) is 8.47. The molecule has 0 bridgehead atoms. The lowest BCUT2D eigenvalue weighted by molar-refractivity contribution is -0.384. The van der Waals surface area contributed by atoms with Gasteiger partial charge in [0.15, 0.2) is 5.78 Å². The molecule has 7 atom stereocenters. The van der Waals surface area contributed by atoms with Crippen molar-refractivity contribution in [1.29, 1.82) is 0 Å². The van der Waals surface area contributed by atoms with Crippen molar-refractivity contribution < 1.29 is 19.2 Å². The topological polar surface area (TPSA) is 86.5 Å². The standard InChI is InChI=1S/C30H37NO5/c1-19(32)36-23-13-15-29(2)21(18-23)8-9-24-25-10-11-27(30(25,3)16-14-26(24)29)28(33)12-7-20-5-4-6-22(17-20)31(34)35/h4-8,12,17,23-27H,9-11,13-16,18H2,1-3H3/t23-,24-,25-,26-,27+,29-,30-/m0/s1. The Morgan fingerprint density at radius 1 is 1.11 bits per heavy atom. The van der Waals surface area contributed by atoms with Crippen molar-refractivity contribution in [3.05, 3.63) is 57.7 Å². The number of ketones is 1. The highest BCUT2D eigenvalue weighted by Gasteiger charge is 2.59. The lowest BCUT2D eigenvalue weighted by Crippen LogP contribution is -2.51. The second kappa shape index (κ2) is 9.28. The first kappa shape index (κ1) is 24.9. The molecular weight excluding hydrogens is 454 g/mol. The number of fused-ring (bicyclic) bond motifs is 5. The number of ether oxygens (including phenoxy) is 1. The maximum absolute atomic E-state index is 13.4. The lowest BCUT2D eigenvalue weighted by Gasteiger charge is -2.58. The molecule has 3 fully saturated rings. The van der Waals surface area contributed by atoms with Crippen molar-refractivity contribution in [2.75, 3.05) is 0 Å². The van der Waals surface area contributed by atoms with Gasteiger partial charge in [0.25, 0.3) is 5.69 Å². The maximum Gasteiger partial charge on any atom is 0.302 e. The molecule has 0 unspecified atom stereocenters. The van der Waals surface area contributed by atoms with E-state index in [9.17, 15) is 19.7 Å². The summed E-state index contributed by atoms with van der Waals surface area (Å²) in [5.41, 5.74) is 2.38. The van der Waals surface area contributed by atoms with E-state index < -0.39 is 4.92 Å². The Hall–Kier alpha value is -2.76. The molecule has 0 amide bonds. The number of rotatable bonds is 5. The van der Waals surface area contributed by atoms with Gasteiger partial charge in [-0.1, -0.05) is 43.7 Å². The van der Waals surface area contributed by atoms with Crippen molar-refractivity contribution in [1.82, 2.24) is 0 Å². The molecule has 1 aromatic carbocycles. The number of esters is 1. The molecule has 0 saturated heterocycles. The number of carbonyl (C=O) groups excluding carboxylic acids is 2. The minimum Gasteiger partial charge on any atom is -0.462 e. The van der Waals surface area contributed by atoms with Gasteiger partial charge in [-0.3, -0.25) is 19.7 Å². The van der Waals surface area contributed by atoms with E-state index in [1.807, 2.05) is 0 Å². The molecule has 0 radical (unpaired) electrons. The molecule has 36 heavy (non-hydrogen) atoms. The quantitative estimate of drug-likeness (QED) is 0.151. The molecule has 0 heterocycles. The summed E-state index contributed by atoms with van der Waals surface area (Å²) >= 11 is 0. The third-order valence-electron chi connectivity index (χ3n) is 10.3. The van der Waals surface area contributed by atoms with Crippen LogP contribution in [0.4, 0.5) is 5.69 Å². The van der Waals surface area contributed by atoms with Gasteiger partial charge in [-0.2, -0.15) is 0 Å². The largest absolute Gasteiger partial charge is 0.462 e. The maximum atomic E-state index is 13.4. The SMILES string of the molecule is CC(=O)O[C@H]1CC[C@@]2(C)C(=CC[C@H]3[C@@H]4CC[C@H](C(=O)C=Cc5cccc([N+](=O)[O-])c5)[C@@]4(C)CC[C@@H]32)C1. The van der Waals surface area contributed by atoms with Crippen LogP contribution in [0.1, 0.15) is 77.7 Å². The number of nitro benzene ring substituents is 1. The van der Waals surface area contributed by atoms with Crippen molar-refractivity contribution in [3.63, 3.8) is 0 Å². The number of hydrogen-bond acceptors (Lipinski definition) is 5. The molecule has 1 aromatic rings. The first-order valence-corrected chi connectivity index (χ1v) is 13.4. The van der Waals surface area contributed by atoms with Crippen molar-refractivity contribution in [2.45, 2.75) is 78.2 Å². The van der Waals surface area contributed by atoms with E-state index in [0.29, 0.717) is 23.3 Å². The Bertz CT molecular complexity index is 1140. The Balaban J connectivity index is 1.32. The molecule has 0 spiro atoms.